The van der Waals surface area contributed by atoms with Crippen LogP contribution in [0.15, 0.2) is 72.9 Å². The summed E-state index contributed by atoms with van der Waals surface area (Å²) in [6.45, 7) is 1.97. The first-order valence-corrected chi connectivity index (χ1v) is 8.23. The van der Waals surface area contributed by atoms with Gasteiger partial charge in [-0.3, -0.25) is 9.20 Å². The largest absolute Gasteiger partial charge is 0.306 e. The molecule has 0 aliphatic heterocycles. The first kappa shape index (κ1) is 16.0. The summed E-state index contributed by atoms with van der Waals surface area (Å²) < 4.78 is 15.3. The van der Waals surface area contributed by atoms with E-state index in [0.29, 0.717) is 11.5 Å². The molecule has 5 heteroatoms. The van der Waals surface area contributed by atoms with Crippen molar-refractivity contribution in [3.8, 4) is 11.3 Å². The van der Waals surface area contributed by atoms with E-state index in [9.17, 15) is 9.18 Å². The molecule has 2 aromatic carbocycles. The van der Waals surface area contributed by atoms with Gasteiger partial charge in [-0.15, -0.1) is 0 Å². The fourth-order valence-corrected chi connectivity index (χ4v) is 2.88. The van der Waals surface area contributed by atoms with Gasteiger partial charge < -0.3 is 5.32 Å². The summed E-state index contributed by atoms with van der Waals surface area (Å²) in [6.07, 6.45) is 1.91. The first-order chi connectivity index (χ1) is 12.6. The number of hydrogen-bond acceptors (Lipinski definition) is 2. The molecule has 0 bridgehead atoms. The van der Waals surface area contributed by atoms with Crippen LogP contribution < -0.4 is 5.32 Å². The third-order valence-electron chi connectivity index (χ3n) is 4.13. The molecule has 0 unspecified atom stereocenters. The van der Waals surface area contributed by atoms with Gasteiger partial charge in [-0.05, 0) is 36.8 Å². The maximum Gasteiger partial charge on any atom is 0.256 e. The highest BCUT2D eigenvalue weighted by atomic mass is 19.1. The van der Waals surface area contributed by atoms with Crippen molar-refractivity contribution in [2.45, 2.75) is 6.92 Å². The zero-order valence-corrected chi connectivity index (χ0v) is 14.1. The van der Waals surface area contributed by atoms with Gasteiger partial charge in [0.1, 0.15) is 23.0 Å². The molecular formula is C21H16FN3O. The zero-order valence-electron chi connectivity index (χ0n) is 14.1. The number of halogens is 1. The van der Waals surface area contributed by atoms with Crippen molar-refractivity contribution in [3.05, 3.63) is 89.9 Å². The normalized spacial score (nSPS) is 10.8. The average molecular weight is 345 g/mol. The summed E-state index contributed by atoms with van der Waals surface area (Å²) >= 11 is 0. The molecular weight excluding hydrogens is 329 g/mol. The Labute approximate surface area is 149 Å². The molecule has 0 aliphatic carbocycles. The van der Waals surface area contributed by atoms with E-state index in [4.69, 9.17) is 0 Å². The molecule has 2 aromatic heterocycles. The molecule has 0 radical (unpaired) electrons. The molecule has 4 nitrogen and oxygen atoms in total. The van der Waals surface area contributed by atoms with Crippen molar-refractivity contribution in [1.29, 1.82) is 0 Å². The molecule has 4 aromatic rings. The van der Waals surface area contributed by atoms with E-state index in [0.717, 1.165) is 16.8 Å². The van der Waals surface area contributed by atoms with E-state index in [1.165, 1.54) is 18.2 Å². The lowest BCUT2D eigenvalue weighted by Gasteiger charge is -2.08. The van der Waals surface area contributed by atoms with Gasteiger partial charge in [0.2, 0.25) is 0 Å². The fourth-order valence-electron chi connectivity index (χ4n) is 2.88. The Hall–Kier alpha value is -3.47. The number of anilines is 1. The zero-order chi connectivity index (χ0) is 18.1. The number of carbonyl (C=O) groups is 1. The van der Waals surface area contributed by atoms with E-state index < -0.39 is 5.82 Å². The van der Waals surface area contributed by atoms with Crippen molar-refractivity contribution in [3.63, 3.8) is 0 Å². The highest BCUT2D eigenvalue weighted by Crippen LogP contribution is 2.29. The molecule has 0 aliphatic rings. The van der Waals surface area contributed by atoms with E-state index in [-0.39, 0.29) is 11.5 Å². The number of benzene rings is 2. The Kier molecular flexibility index (Phi) is 3.97. The molecule has 1 N–H and O–H groups in total. The Morgan fingerprint density at radius 1 is 1.04 bits per heavy atom. The average Bonchev–Trinajstić information content (AvgIpc) is 3.00. The molecule has 0 fully saturated rings. The van der Waals surface area contributed by atoms with Gasteiger partial charge in [0.25, 0.3) is 5.91 Å². The molecule has 0 saturated carbocycles. The summed E-state index contributed by atoms with van der Waals surface area (Å²) in [6, 6.07) is 19.1. The molecule has 1 amide bonds. The summed E-state index contributed by atoms with van der Waals surface area (Å²) in [4.78, 5) is 17.3. The van der Waals surface area contributed by atoms with Crippen LogP contribution in [0.1, 0.15) is 15.9 Å². The number of imidazole rings is 1. The van der Waals surface area contributed by atoms with Crippen molar-refractivity contribution < 1.29 is 9.18 Å². The number of carbonyl (C=O) groups excluding carboxylic acids is 1. The molecule has 26 heavy (non-hydrogen) atoms. The van der Waals surface area contributed by atoms with Gasteiger partial charge in [0.05, 0.1) is 0 Å². The summed E-state index contributed by atoms with van der Waals surface area (Å²) in [7, 11) is 0. The predicted octanol–water partition coefficient (Wildman–Crippen LogP) is 4.70. The standard InChI is InChI=1S/C21H16FN3O/c1-14-10-11-18-23-19(15-6-3-2-4-7-15)20(25(18)13-14)24-21(26)16-8-5-9-17(22)12-16/h2-13H,1H3,(H,24,26). The van der Waals surface area contributed by atoms with Crippen LogP contribution in [0, 0.1) is 12.7 Å². The lowest BCUT2D eigenvalue weighted by molar-refractivity contribution is 0.102. The Morgan fingerprint density at radius 2 is 1.85 bits per heavy atom. The number of aromatic nitrogens is 2. The summed E-state index contributed by atoms with van der Waals surface area (Å²) in [5.74, 6) is -0.274. The van der Waals surface area contributed by atoms with Crippen LogP contribution in [0.4, 0.5) is 10.2 Å². The van der Waals surface area contributed by atoms with Crippen molar-refractivity contribution in [2.75, 3.05) is 5.32 Å². The van der Waals surface area contributed by atoms with Gasteiger partial charge in [-0.1, -0.05) is 42.5 Å². The minimum Gasteiger partial charge on any atom is -0.306 e. The van der Waals surface area contributed by atoms with Crippen LogP contribution in [0.3, 0.4) is 0 Å². The number of nitrogens with zero attached hydrogens (tertiary/aromatic N) is 2. The maximum absolute atomic E-state index is 13.5. The number of hydrogen-bond donors (Lipinski definition) is 1. The second-order valence-electron chi connectivity index (χ2n) is 6.07. The van der Waals surface area contributed by atoms with E-state index in [1.807, 2.05) is 60.0 Å². The van der Waals surface area contributed by atoms with Gasteiger partial charge in [0.15, 0.2) is 0 Å². The molecule has 128 valence electrons. The number of pyridine rings is 1. The molecule has 4 rings (SSSR count). The van der Waals surface area contributed by atoms with E-state index in [2.05, 4.69) is 10.3 Å². The predicted molar refractivity (Wildman–Crippen MR) is 99.7 cm³/mol. The van der Waals surface area contributed by atoms with Crippen LogP contribution in [0.5, 0.6) is 0 Å². The number of nitrogens with one attached hydrogen (secondary N) is 1. The smallest absolute Gasteiger partial charge is 0.256 e. The lowest BCUT2D eigenvalue weighted by Crippen LogP contribution is -2.14. The van der Waals surface area contributed by atoms with Gasteiger partial charge in [0, 0.05) is 17.3 Å². The van der Waals surface area contributed by atoms with E-state index >= 15 is 0 Å². The summed E-state index contributed by atoms with van der Waals surface area (Å²) in [5.41, 5.74) is 3.58. The minimum atomic E-state index is -0.449. The third kappa shape index (κ3) is 2.95. The van der Waals surface area contributed by atoms with Gasteiger partial charge >= 0.3 is 0 Å². The number of amides is 1. The highest BCUT2D eigenvalue weighted by molar-refractivity contribution is 6.05. The molecule has 0 spiro atoms. The number of aryl methyl sites for hydroxylation is 1. The quantitative estimate of drug-likeness (QED) is 0.585. The monoisotopic (exact) mass is 345 g/mol. The maximum atomic E-state index is 13.5. The topological polar surface area (TPSA) is 46.4 Å². The van der Waals surface area contributed by atoms with Gasteiger partial charge in [-0.2, -0.15) is 0 Å². The van der Waals surface area contributed by atoms with Crippen LogP contribution in [0.25, 0.3) is 16.9 Å². The van der Waals surface area contributed by atoms with E-state index in [1.54, 1.807) is 6.07 Å². The SMILES string of the molecule is Cc1ccc2nc(-c3ccccc3)c(NC(=O)c3cccc(F)c3)n2c1. The minimum absolute atomic E-state index is 0.256. The number of fused-ring (bicyclic) bond motifs is 1. The third-order valence-corrected chi connectivity index (χ3v) is 4.13. The van der Waals surface area contributed by atoms with Crippen molar-refractivity contribution in [2.24, 2.45) is 0 Å². The van der Waals surface area contributed by atoms with Crippen LogP contribution in [-0.4, -0.2) is 15.3 Å². The Balaban J connectivity index is 1.84. The lowest BCUT2D eigenvalue weighted by atomic mass is 10.1. The fraction of sp³-hybridized carbons (Fsp3) is 0.0476. The highest BCUT2D eigenvalue weighted by Gasteiger charge is 2.17. The molecule has 0 saturated heterocycles. The van der Waals surface area contributed by atoms with Gasteiger partial charge in [-0.25, -0.2) is 9.37 Å². The first-order valence-electron chi connectivity index (χ1n) is 8.23. The van der Waals surface area contributed by atoms with Crippen LogP contribution >= 0.6 is 0 Å². The second-order valence-corrected chi connectivity index (χ2v) is 6.07. The Bertz CT molecular complexity index is 1100. The second kappa shape index (κ2) is 6.44. The molecule has 2 heterocycles. The Morgan fingerprint density at radius 3 is 2.62 bits per heavy atom. The molecule has 0 atom stereocenters. The van der Waals surface area contributed by atoms with Crippen LogP contribution in [0.2, 0.25) is 0 Å². The number of rotatable bonds is 3. The summed E-state index contributed by atoms with van der Waals surface area (Å²) in [5, 5.41) is 2.90. The van der Waals surface area contributed by atoms with Crippen LogP contribution in [-0.2, 0) is 0 Å². The van der Waals surface area contributed by atoms with Crippen molar-refractivity contribution >= 4 is 17.4 Å². The van der Waals surface area contributed by atoms with Crippen molar-refractivity contribution in [1.82, 2.24) is 9.38 Å².